The number of aromatic nitrogens is 2. The van der Waals surface area contributed by atoms with Crippen molar-refractivity contribution in [2.24, 2.45) is 11.3 Å². The van der Waals surface area contributed by atoms with Gasteiger partial charge in [-0.15, -0.1) is 23.1 Å². The number of thioether (sulfide) groups is 1. The SMILES string of the molecule is CC(C)(C)C1CCc2c(sc3ncnc(SCCC(=O)O)c23)C1. The second kappa shape index (κ2) is 6.40. The summed E-state index contributed by atoms with van der Waals surface area (Å²) in [5, 5.41) is 10.9. The molecule has 2 aromatic heterocycles. The van der Waals surface area contributed by atoms with E-state index < -0.39 is 5.97 Å². The average Bonchev–Trinajstić information content (AvgIpc) is 2.84. The third-order valence-electron chi connectivity index (χ3n) is 4.59. The van der Waals surface area contributed by atoms with Gasteiger partial charge in [0.2, 0.25) is 0 Å². The summed E-state index contributed by atoms with van der Waals surface area (Å²) in [6, 6.07) is 0. The van der Waals surface area contributed by atoms with Gasteiger partial charge in [0.05, 0.1) is 6.42 Å². The summed E-state index contributed by atoms with van der Waals surface area (Å²) in [7, 11) is 0. The Morgan fingerprint density at radius 2 is 2.22 bits per heavy atom. The number of aryl methyl sites for hydroxylation is 1. The van der Waals surface area contributed by atoms with Crippen molar-refractivity contribution in [3.63, 3.8) is 0 Å². The molecule has 0 radical (unpaired) electrons. The molecule has 0 fully saturated rings. The number of hydrogen-bond donors (Lipinski definition) is 1. The quantitative estimate of drug-likeness (QED) is 0.654. The molecule has 0 saturated heterocycles. The molecule has 0 bridgehead atoms. The van der Waals surface area contributed by atoms with Gasteiger partial charge < -0.3 is 5.11 Å². The van der Waals surface area contributed by atoms with E-state index in [4.69, 9.17) is 5.11 Å². The van der Waals surface area contributed by atoms with Crippen LogP contribution in [0.2, 0.25) is 0 Å². The molecule has 1 atom stereocenters. The lowest BCUT2D eigenvalue weighted by Crippen LogP contribution is -2.26. The van der Waals surface area contributed by atoms with Gasteiger partial charge in [-0.05, 0) is 36.2 Å². The standard InChI is InChI=1S/C17H22N2O2S2/c1-17(2,3)10-4-5-11-12(8-10)23-16-14(11)15(18-9-19-16)22-7-6-13(20)21/h9-10H,4-8H2,1-3H3,(H,20,21). The molecule has 4 nitrogen and oxygen atoms in total. The molecule has 0 aromatic carbocycles. The Hall–Kier alpha value is -1.14. The van der Waals surface area contributed by atoms with E-state index >= 15 is 0 Å². The molecule has 2 heterocycles. The first-order valence-electron chi connectivity index (χ1n) is 7.96. The number of fused-ring (bicyclic) bond motifs is 3. The second-order valence-electron chi connectivity index (χ2n) is 7.16. The molecule has 23 heavy (non-hydrogen) atoms. The predicted octanol–water partition coefficient (Wildman–Crippen LogP) is 4.41. The molecule has 2 aromatic rings. The number of hydrogen-bond acceptors (Lipinski definition) is 5. The van der Waals surface area contributed by atoms with Crippen LogP contribution in [0, 0.1) is 11.3 Å². The number of carboxylic acids is 1. The first kappa shape index (κ1) is 16.7. The van der Waals surface area contributed by atoms with E-state index in [1.54, 1.807) is 17.7 Å². The molecule has 3 rings (SSSR count). The van der Waals surface area contributed by atoms with E-state index in [0.29, 0.717) is 17.1 Å². The zero-order valence-electron chi connectivity index (χ0n) is 13.8. The molecule has 0 saturated carbocycles. The zero-order valence-corrected chi connectivity index (χ0v) is 15.4. The molecule has 1 unspecified atom stereocenters. The summed E-state index contributed by atoms with van der Waals surface area (Å²) in [6.45, 7) is 6.97. The summed E-state index contributed by atoms with van der Waals surface area (Å²) < 4.78 is 0. The minimum absolute atomic E-state index is 0.161. The van der Waals surface area contributed by atoms with E-state index in [1.165, 1.54) is 34.0 Å². The van der Waals surface area contributed by atoms with Gasteiger partial charge in [0.1, 0.15) is 16.2 Å². The van der Waals surface area contributed by atoms with Crippen molar-refractivity contribution in [2.75, 3.05) is 5.75 Å². The van der Waals surface area contributed by atoms with Crippen LogP contribution in [-0.4, -0.2) is 26.8 Å². The van der Waals surface area contributed by atoms with Gasteiger partial charge in [0.15, 0.2) is 0 Å². The minimum atomic E-state index is -0.761. The van der Waals surface area contributed by atoms with Gasteiger partial charge in [0.25, 0.3) is 0 Å². The Morgan fingerprint density at radius 3 is 2.91 bits per heavy atom. The second-order valence-corrected chi connectivity index (χ2v) is 9.33. The van der Waals surface area contributed by atoms with Crippen molar-refractivity contribution in [2.45, 2.75) is 51.5 Å². The highest BCUT2D eigenvalue weighted by atomic mass is 32.2. The molecule has 6 heteroatoms. The Balaban J connectivity index is 1.91. The van der Waals surface area contributed by atoms with Gasteiger partial charge in [-0.2, -0.15) is 0 Å². The Labute approximate surface area is 144 Å². The summed E-state index contributed by atoms with van der Waals surface area (Å²) >= 11 is 3.33. The van der Waals surface area contributed by atoms with Gasteiger partial charge in [-0.3, -0.25) is 4.79 Å². The molecule has 0 amide bonds. The summed E-state index contributed by atoms with van der Waals surface area (Å²) in [6.07, 6.45) is 5.18. The molecule has 1 aliphatic carbocycles. The normalized spacial score (nSPS) is 18.1. The van der Waals surface area contributed by atoms with Crippen molar-refractivity contribution in [3.8, 4) is 0 Å². The van der Waals surface area contributed by atoms with Crippen LogP contribution in [0.1, 0.15) is 44.1 Å². The fourth-order valence-electron chi connectivity index (χ4n) is 3.16. The van der Waals surface area contributed by atoms with Crippen LogP contribution in [0.25, 0.3) is 10.2 Å². The van der Waals surface area contributed by atoms with E-state index in [1.807, 2.05) is 0 Å². The third-order valence-corrected chi connectivity index (χ3v) is 6.74. The van der Waals surface area contributed by atoms with Crippen molar-refractivity contribution < 1.29 is 9.90 Å². The van der Waals surface area contributed by atoms with Gasteiger partial charge in [-0.1, -0.05) is 20.8 Å². The topological polar surface area (TPSA) is 63.1 Å². The Morgan fingerprint density at radius 1 is 1.43 bits per heavy atom. The number of carbonyl (C=O) groups is 1. The maximum Gasteiger partial charge on any atom is 0.304 e. The number of rotatable bonds is 4. The first-order chi connectivity index (χ1) is 10.9. The summed E-state index contributed by atoms with van der Waals surface area (Å²) in [5.41, 5.74) is 1.74. The fraction of sp³-hybridized carbons (Fsp3) is 0.588. The molecule has 124 valence electrons. The average molecular weight is 351 g/mol. The van der Waals surface area contributed by atoms with Crippen molar-refractivity contribution in [3.05, 3.63) is 16.8 Å². The van der Waals surface area contributed by atoms with E-state index in [-0.39, 0.29) is 6.42 Å². The third kappa shape index (κ3) is 3.53. The van der Waals surface area contributed by atoms with Crippen LogP contribution in [-0.2, 0) is 17.6 Å². The highest BCUT2D eigenvalue weighted by molar-refractivity contribution is 7.99. The number of thiophene rings is 1. The molecule has 0 aliphatic heterocycles. The number of nitrogens with zero attached hydrogens (tertiary/aromatic N) is 2. The fourth-order valence-corrected chi connectivity index (χ4v) is 5.45. The van der Waals surface area contributed by atoms with Crippen LogP contribution in [0.3, 0.4) is 0 Å². The minimum Gasteiger partial charge on any atom is -0.481 e. The van der Waals surface area contributed by atoms with Crippen molar-refractivity contribution in [1.29, 1.82) is 0 Å². The van der Waals surface area contributed by atoms with Crippen LogP contribution < -0.4 is 0 Å². The number of carboxylic acid groups (broad SMARTS) is 1. The largest absolute Gasteiger partial charge is 0.481 e. The maximum absolute atomic E-state index is 10.7. The van der Waals surface area contributed by atoms with Crippen LogP contribution in [0.5, 0.6) is 0 Å². The van der Waals surface area contributed by atoms with E-state index in [0.717, 1.165) is 22.7 Å². The lowest BCUT2D eigenvalue weighted by molar-refractivity contribution is -0.136. The smallest absolute Gasteiger partial charge is 0.304 e. The van der Waals surface area contributed by atoms with Crippen LogP contribution in [0.15, 0.2) is 11.4 Å². The van der Waals surface area contributed by atoms with Gasteiger partial charge >= 0.3 is 5.97 Å². The predicted molar refractivity (Wildman–Crippen MR) is 95.4 cm³/mol. The highest BCUT2D eigenvalue weighted by Gasteiger charge is 2.31. The summed E-state index contributed by atoms with van der Waals surface area (Å²) in [5.74, 6) is 0.499. The molecular weight excluding hydrogens is 328 g/mol. The van der Waals surface area contributed by atoms with Gasteiger partial charge in [0, 0.05) is 16.0 Å². The first-order valence-corrected chi connectivity index (χ1v) is 9.76. The maximum atomic E-state index is 10.7. The number of aliphatic carboxylic acids is 1. The highest BCUT2D eigenvalue weighted by Crippen LogP contribution is 2.44. The van der Waals surface area contributed by atoms with E-state index in [2.05, 4.69) is 30.7 Å². The van der Waals surface area contributed by atoms with Gasteiger partial charge in [-0.25, -0.2) is 9.97 Å². The molecule has 1 N–H and O–H groups in total. The summed E-state index contributed by atoms with van der Waals surface area (Å²) in [4.78, 5) is 22.1. The molecule has 0 spiro atoms. The Bertz CT molecular complexity index is 734. The van der Waals surface area contributed by atoms with Crippen LogP contribution >= 0.6 is 23.1 Å². The Kier molecular flexibility index (Phi) is 4.65. The monoisotopic (exact) mass is 350 g/mol. The molecule has 1 aliphatic rings. The lowest BCUT2D eigenvalue weighted by atomic mass is 9.72. The van der Waals surface area contributed by atoms with E-state index in [9.17, 15) is 4.79 Å². The van der Waals surface area contributed by atoms with Crippen molar-refractivity contribution in [1.82, 2.24) is 9.97 Å². The molecular formula is C17H22N2O2S2. The lowest BCUT2D eigenvalue weighted by Gasteiger charge is -2.33. The zero-order chi connectivity index (χ0) is 16.6. The van der Waals surface area contributed by atoms with Crippen LogP contribution in [0.4, 0.5) is 0 Å². The van der Waals surface area contributed by atoms with Crippen molar-refractivity contribution >= 4 is 39.3 Å².